The average molecular weight is 380 g/mol. The first kappa shape index (κ1) is 18.6. The lowest BCUT2D eigenvalue weighted by molar-refractivity contribution is -0.0504. The highest BCUT2D eigenvalue weighted by Crippen LogP contribution is 2.25. The third kappa shape index (κ3) is 7.04. The summed E-state index contributed by atoms with van der Waals surface area (Å²) in [6.45, 7) is 1.12. The lowest BCUT2D eigenvalue weighted by Crippen LogP contribution is -2.38. The second-order valence-corrected chi connectivity index (χ2v) is 5.16. The summed E-state index contributed by atoms with van der Waals surface area (Å²) in [6.07, 6.45) is 0. The SMILES string of the molecule is CCNC(=NCc1cc(Br)ccc1OC(F)F)NCCOC. The number of alkyl halides is 2. The molecule has 0 aliphatic heterocycles. The van der Waals surface area contributed by atoms with Crippen molar-refractivity contribution in [2.24, 2.45) is 4.99 Å². The summed E-state index contributed by atoms with van der Waals surface area (Å²) < 4.78 is 35.1. The molecule has 0 amide bonds. The molecule has 0 aliphatic rings. The number of ether oxygens (including phenoxy) is 2. The van der Waals surface area contributed by atoms with Crippen LogP contribution in [0.15, 0.2) is 27.7 Å². The van der Waals surface area contributed by atoms with Crippen LogP contribution in [0, 0.1) is 0 Å². The van der Waals surface area contributed by atoms with Gasteiger partial charge in [0.25, 0.3) is 0 Å². The second kappa shape index (κ2) is 10.3. The van der Waals surface area contributed by atoms with Gasteiger partial charge in [-0.3, -0.25) is 0 Å². The smallest absolute Gasteiger partial charge is 0.387 e. The fraction of sp³-hybridized carbons (Fsp3) is 0.500. The van der Waals surface area contributed by atoms with Crippen molar-refractivity contribution in [2.45, 2.75) is 20.1 Å². The normalized spacial score (nSPS) is 11.6. The van der Waals surface area contributed by atoms with Gasteiger partial charge in [-0.1, -0.05) is 15.9 Å². The van der Waals surface area contributed by atoms with Crippen molar-refractivity contribution >= 4 is 21.9 Å². The summed E-state index contributed by atoms with van der Waals surface area (Å²) in [6, 6.07) is 4.85. The van der Waals surface area contributed by atoms with Gasteiger partial charge in [0.2, 0.25) is 0 Å². The second-order valence-electron chi connectivity index (χ2n) is 4.25. The van der Waals surface area contributed by atoms with E-state index in [-0.39, 0.29) is 12.3 Å². The molecule has 8 heteroatoms. The first-order chi connectivity index (χ1) is 10.6. The molecule has 124 valence electrons. The van der Waals surface area contributed by atoms with E-state index in [1.807, 2.05) is 6.92 Å². The van der Waals surface area contributed by atoms with Gasteiger partial charge in [0.05, 0.1) is 13.2 Å². The van der Waals surface area contributed by atoms with Crippen LogP contribution in [0.5, 0.6) is 5.75 Å². The fourth-order valence-electron chi connectivity index (χ4n) is 1.66. The number of guanidine groups is 1. The van der Waals surface area contributed by atoms with Crippen molar-refractivity contribution in [3.63, 3.8) is 0 Å². The van der Waals surface area contributed by atoms with E-state index in [4.69, 9.17) is 4.74 Å². The van der Waals surface area contributed by atoms with Crippen LogP contribution in [0.3, 0.4) is 0 Å². The molecule has 2 N–H and O–H groups in total. The zero-order chi connectivity index (χ0) is 16.4. The summed E-state index contributed by atoms with van der Waals surface area (Å²) in [5.41, 5.74) is 0.568. The van der Waals surface area contributed by atoms with Gasteiger partial charge >= 0.3 is 6.61 Å². The van der Waals surface area contributed by atoms with Crippen molar-refractivity contribution in [3.05, 3.63) is 28.2 Å². The number of nitrogens with zero attached hydrogens (tertiary/aromatic N) is 1. The van der Waals surface area contributed by atoms with Crippen molar-refractivity contribution in [1.82, 2.24) is 10.6 Å². The van der Waals surface area contributed by atoms with Gasteiger partial charge < -0.3 is 20.1 Å². The molecule has 5 nitrogen and oxygen atoms in total. The molecule has 0 fully saturated rings. The predicted octanol–water partition coefficient (Wildman–Crippen LogP) is 2.75. The Kier molecular flexibility index (Phi) is 8.76. The highest BCUT2D eigenvalue weighted by Gasteiger charge is 2.10. The molecule has 0 heterocycles. The number of benzene rings is 1. The maximum atomic E-state index is 12.4. The van der Waals surface area contributed by atoms with E-state index in [1.54, 1.807) is 19.2 Å². The van der Waals surface area contributed by atoms with Crippen molar-refractivity contribution < 1.29 is 18.3 Å². The topological polar surface area (TPSA) is 54.9 Å². The van der Waals surface area contributed by atoms with Crippen molar-refractivity contribution in [2.75, 3.05) is 26.8 Å². The van der Waals surface area contributed by atoms with Gasteiger partial charge in [-0.25, -0.2) is 4.99 Å². The van der Waals surface area contributed by atoms with Crippen LogP contribution in [-0.2, 0) is 11.3 Å². The Labute approximate surface area is 137 Å². The lowest BCUT2D eigenvalue weighted by atomic mass is 10.2. The Balaban J connectivity index is 2.80. The van der Waals surface area contributed by atoms with Crippen molar-refractivity contribution in [1.29, 1.82) is 0 Å². The van der Waals surface area contributed by atoms with E-state index >= 15 is 0 Å². The third-order valence-electron chi connectivity index (χ3n) is 2.59. The van der Waals surface area contributed by atoms with Gasteiger partial charge in [0, 0.05) is 30.2 Å². The quantitative estimate of drug-likeness (QED) is 0.414. The van der Waals surface area contributed by atoms with E-state index in [2.05, 4.69) is 36.3 Å². The first-order valence-corrected chi connectivity index (χ1v) is 7.60. The Bertz CT molecular complexity index is 487. The summed E-state index contributed by atoms with van der Waals surface area (Å²) in [7, 11) is 1.61. The predicted molar refractivity (Wildman–Crippen MR) is 85.5 cm³/mol. The van der Waals surface area contributed by atoms with Crippen molar-refractivity contribution in [3.8, 4) is 5.75 Å². The molecule has 0 bridgehead atoms. The van der Waals surface area contributed by atoms with Crippen LogP contribution in [0.1, 0.15) is 12.5 Å². The molecule has 1 aromatic rings. The number of aliphatic imine (C=N–C) groups is 1. The Hall–Kier alpha value is -1.41. The number of rotatable bonds is 8. The molecule has 0 saturated heterocycles. The summed E-state index contributed by atoms with van der Waals surface area (Å²) in [5.74, 6) is 0.706. The minimum absolute atomic E-state index is 0.120. The molecule has 1 aromatic carbocycles. The Morgan fingerprint density at radius 3 is 2.77 bits per heavy atom. The van der Waals surface area contributed by atoms with Crippen LogP contribution >= 0.6 is 15.9 Å². The maximum Gasteiger partial charge on any atom is 0.387 e. The molecule has 0 aliphatic carbocycles. The van der Waals surface area contributed by atoms with Gasteiger partial charge in [-0.05, 0) is 25.1 Å². The highest BCUT2D eigenvalue weighted by atomic mass is 79.9. The zero-order valence-corrected chi connectivity index (χ0v) is 14.1. The molecule has 22 heavy (non-hydrogen) atoms. The fourth-order valence-corrected chi connectivity index (χ4v) is 2.07. The summed E-state index contributed by atoms with van der Waals surface area (Å²) in [5, 5.41) is 6.15. The Morgan fingerprint density at radius 2 is 2.14 bits per heavy atom. The number of hydrogen-bond acceptors (Lipinski definition) is 3. The lowest BCUT2D eigenvalue weighted by Gasteiger charge is -2.13. The maximum absolute atomic E-state index is 12.4. The molecule has 0 saturated carbocycles. The van der Waals surface area contributed by atoms with E-state index in [9.17, 15) is 8.78 Å². The summed E-state index contributed by atoms with van der Waals surface area (Å²) in [4.78, 5) is 4.36. The van der Waals surface area contributed by atoms with Gasteiger partial charge in [0.1, 0.15) is 5.75 Å². The number of methoxy groups -OCH3 is 1. The van der Waals surface area contributed by atoms with E-state index in [0.29, 0.717) is 31.2 Å². The standard InChI is InChI=1S/C14H20BrF2N3O2/c1-3-18-14(19-6-7-21-2)20-9-10-8-11(15)4-5-12(10)22-13(16)17/h4-5,8,13H,3,6-7,9H2,1-2H3,(H2,18,19,20). The average Bonchev–Trinajstić information content (AvgIpc) is 2.47. The number of nitrogens with one attached hydrogen (secondary N) is 2. The van der Waals surface area contributed by atoms with Gasteiger partial charge in [-0.2, -0.15) is 8.78 Å². The van der Waals surface area contributed by atoms with E-state index in [1.165, 1.54) is 6.07 Å². The van der Waals surface area contributed by atoms with E-state index in [0.717, 1.165) is 4.47 Å². The first-order valence-electron chi connectivity index (χ1n) is 6.81. The molecule has 0 spiro atoms. The molecule has 0 atom stereocenters. The number of hydrogen-bond donors (Lipinski definition) is 2. The minimum Gasteiger partial charge on any atom is -0.434 e. The number of halogens is 3. The monoisotopic (exact) mass is 379 g/mol. The highest BCUT2D eigenvalue weighted by molar-refractivity contribution is 9.10. The van der Waals surface area contributed by atoms with Crippen LogP contribution in [0.25, 0.3) is 0 Å². The molecule has 0 unspecified atom stereocenters. The van der Waals surface area contributed by atoms with Crippen LogP contribution < -0.4 is 15.4 Å². The van der Waals surface area contributed by atoms with E-state index < -0.39 is 6.61 Å². The van der Waals surface area contributed by atoms with Gasteiger partial charge in [-0.15, -0.1) is 0 Å². The zero-order valence-electron chi connectivity index (χ0n) is 12.5. The summed E-state index contributed by atoms with van der Waals surface area (Å²) >= 11 is 3.31. The Morgan fingerprint density at radius 1 is 1.36 bits per heavy atom. The minimum atomic E-state index is -2.86. The third-order valence-corrected chi connectivity index (χ3v) is 3.08. The molecule has 0 aromatic heterocycles. The van der Waals surface area contributed by atoms with Crippen LogP contribution in [0.2, 0.25) is 0 Å². The molecular weight excluding hydrogens is 360 g/mol. The molecule has 1 rings (SSSR count). The molecule has 0 radical (unpaired) electrons. The molecular formula is C14H20BrF2N3O2. The van der Waals surface area contributed by atoms with Crippen LogP contribution in [0.4, 0.5) is 8.78 Å². The van der Waals surface area contributed by atoms with Gasteiger partial charge in [0.15, 0.2) is 5.96 Å². The van der Waals surface area contributed by atoms with Crippen LogP contribution in [-0.4, -0.2) is 39.4 Å². The largest absolute Gasteiger partial charge is 0.434 e.